The highest BCUT2D eigenvalue weighted by atomic mass is 16.3. The second-order valence-electron chi connectivity index (χ2n) is 3.54. The van der Waals surface area contributed by atoms with Crippen LogP contribution in [0.25, 0.3) is 0 Å². The van der Waals surface area contributed by atoms with E-state index >= 15 is 0 Å². The van der Waals surface area contributed by atoms with Gasteiger partial charge in [-0.15, -0.1) is 0 Å². The lowest BCUT2D eigenvalue weighted by Crippen LogP contribution is -2.26. The first-order valence-corrected chi connectivity index (χ1v) is 4.84. The number of aldehydes is 1. The lowest BCUT2D eigenvalue weighted by molar-refractivity contribution is -0.123. The SMILES string of the molecule is CCC(=O)CC(C=O)CC(O)C(C)O. The quantitative estimate of drug-likeness (QED) is 0.582. The first-order chi connectivity index (χ1) is 6.51. The number of ketones is 1. The van der Waals surface area contributed by atoms with E-state index < -0.39 is 18.1 Å². The molecule has 0 aliphatic heterocycles. The Labute approximate surface area is 83.9 Å². The van der Waals surface area contributed by atoms with E-state index in [0.29, 0.717) is 12.7 Å². The van der Waals surface area contributed by atoms with Crippen LogP contribution in [0.5, 0.6) is 0 Å². The molecule has 4 heteroatoms. The van der Waals surface area contributed by atoms with Crippen molar-refractivity contribution in [3.8, 4) is 0 Å². The van der Waals surface area contributed by atoms with Crippen LogP contribution in [0.4, 0.5) is 0 Å². The summed E-state index contributed by atoms with van der Waals surface area (Å²) in [6.07, 6.45) is -0.436. The van der Waals surface area contributed by atoms with Crippen LogP contribution in [0.3, 0.4) is 0 Å². The summed E-state index contributed by atoms with van der Waals surface area (Å²) in [4.78, 5) is 21.6. The van der Waals surface area contributed by atoms with Gasteiger partial charge in [-0.25, -0.2) is 0 Å². The first kappa shape index (κ1) is 13.3. The zero-order valence-corrected chi connectivity index (χ0v) is 8.64. The molecule has 0 saturated carbocycles. The fourth-order valence-electron chi connectivity index (χ4n) is 1.13. The van der Waals surface area contributed by atoms with Gasteiger partial charge in [-0.1, -0.05) is 6.92 Å². The van der Waals surface area contributed by atoms with Crippen LogP contribution in [0.1, 0.15) is 33.1 Å². The first-order valence-electron chi connectivity index (χ1n) is 4.84. The molecule has 2 N–H and O–H groups in total. The Morgan fingerprint density at radius 1 is 1.43 bits per heavy atom. The summed E-state index contributed by atoms with van der Waals surface area (Å²) in [6, 6.07) is 0. The minimum Gasteiger partial charge on any atom is -0.391 e. The van der Waals surface area contributed by atoms with Crippen LogP contribution in [-0.4, -0.2) is 34.5 Å². The van der Waals surface area contributed by atoms with Crippen molar-refractivity contribution < 1.29 is 19.8 Å². The second-order valence-corrected chi connectivity index (χ2v) is 3.54. The molecular weight excluding hydrogens is 184 g/mol. The largest absolute Gasteiger partial charge is 0.391 e. The molecule has 0 aromatic rings. The number of hydrogen-bond acceptors (Lipinski definition) is 4. The summed E-state index contributed by atoms with van der Waals surface area (Å²) < 4.78 is 0. The monoisotopic (exact) mass is 202 g/mol. The van der Waals surface area contributed by atoms with E-state index in [1.54, 1.807) is 6.92 Å². The third-order valence-electron chi connectivity index (χ3n) is 2.18. The Morgan fingerprint density at radius 3 is 2.36 bits per heavy atom. The Morgan fingerprint density at radius 2 is 2.00 bits per heavy atom. The van der Waals surface area contributed by atoms with Crippen molar-refractivity contribution in [2.24, 2.45) is 5.92 Å². The zero-order chi connectivity index (χ0) is 11.1. The van der Waals surface area contributed by atoms with Gasteiger partial charge >= 0.3 is 0 Å². The van der Waals surface area contributed by atoms with Gasteiger partial charge in [-0.3, -0.25) is 4.79 Å². The van der Waals surface area contributed by atoms with Gasteiger partial charge in [0, 0.05) is 18.8 Å². The van der Waals surface area contributed by atoms with Gasteiger partial charge in [-0.05, 0) is 13.3 Å². The van der Waals surface area contributed by atoms with Crippen LogP contribution in [-0.2, 0) is 9.59 Å². The third kappa shape index (κ3) is 5.09. The van der Waals surface area contributed by atoms with E-state index in [4.69, 9.17) is 5.11 Å². The van der Waals surface area contributed by atoms with E-state index in [2.05, 4.69) is 0 Å². The van der Waals surface area contributed by atoms with Crippen LogP contribution in [0.15, 0.2) is 0 Å². The number of Topliss-reactive ketones (excluding diaryl/α,β-unsaturated/α-hetero) is 1. The van der Waals surface area contributed by atoms with Gasteiger partial charge in [0.1, 0.15) is 12.1 Å². The maximum absolute atomic E-state index is 11.0. The summed E-state index contributed by atoms with van der Waals surface area (Å²) in [5, 5.41) is 18.3. The average molecular weight is 202 g/mol. The van der Waals surface area contributed by atoms with Crippen molar-refractivity contribution in [3.05, 3.63) is 0 Å². The molecule has 3 atom stereocenters. The maximum atomic E-state index is 11.0. The summed E-state index contributed by atoms with van der Waals surface area (Å²) in [5.74, 6) is -0.480. The average Bonchev–Trinajstić information content (AvgIpc) is 2.16. The molecule has 0 aromatic carbocycles. The second kappa shape index (κ2) is 6.68. The van der Waals surface area contributed by atoms with E-state index in [9.17, 15) is 14.7 Å². The number of hydrogen-bond donors (Lipinski definition) is 2. The Kier molecular flexibility index (Phi) is 6.32. The van der Waals surface area contributed by atoms with Crippen molar-refractivity contribution in [1.82, 2.24) is 0 Å². The maximum Gasteiger partial charge on any atom is 0.133 e. The van der Waals surface area contributed by atoms with E-state index in [1.807, 2.05) is 0 Å². The van der Waals surface area contributed by atoms with E-state index in [-0.39, 0.29) is 18.6 Å². The van der Waals surface area contributed by atoms with Gasteiger partial charge in [0.15, 0.2) is 0 Å². The summed E-state index contributed by atoms with van der Waals surface area (Å²) in [5.41, 5.74) is 0. The van der Waals surface area contributed by atoms with Gasteiger partial charge in [0.25, 0.3) is 0 Å². The molecule has 0 rings (SSSR count). The van der Waals surface area contributed by atoms with E-state index in [0.717, 1.165) is 0 Å². The molecule has 3 unspecified atom stereocenters. The van der Waals surface area contributed by atoms with Crippen molar-refractivity contribution >= 4 is 12.1 Å². The number of aliphatic hydroxyl groups is 2. The number of aliphatic hydroxyl groups excluding tert-OH is 2. The van der Waals surface area contributed by atoms with E-state index in [1.165, 1.54) is 6.92 Å². The summed E-state index contributed by atoms with van der Waals surface area (Å²) in [6.45, 7) is 3.18. The lowest BCUT2D eigenvalue weighted by atomic mass is 9.94. The van der Waals surface area contributed by atoms with Crippen LogP contribution >= 0.6 is 0 Å². The van der Waals surface area contributed by atoms with Crippen LogP contribution < -0.4 is 0 Å². The van der Waals surface area contributed by atoms with Crippen molar-refractivity contribution in [1.29, 1.82) is 0 Å². The zero-order valence-electron chi connectivity index (χ0n) is 8.64. The molecule has 14 heavy (non-hydrogen) atoms. The molecular formula is C10H18O4. The molecule has 0 aromatic heterocycles. The number of carbonyl (C=O) groups is 2. The van der Waals surface area contributed by atoms with Gasteiger partial charge in [-0.2, -0.15) is 0 Å². The summed E-state index contributed by atoms with van der Waals surface area (Å²) >= 11 is 0. The predicted molar refractivity (Wildman–Crippen MR) is 51.8 cm³/mol. The molecule has 0 aliphatic rings. The molecule has 0 fully saturated rings. The molecule has 0 heterocycles. The molecule has 0 saturated heterocycles. The lowest BCUT2D eigenvalue weighted by Gasteiger charge is -2.16. The fraction of sp³-hybridized carbons (Fsp3) is 0.800. The molecule has 4 nitrogen and oxygen atoms in total. The third-order valence-corrected chi connectivity index (χ3v) is 2.18. The normalized spacial score (nSPS) is 17.1. The van der Waals surface area contributed by atoms with Crippen molar-refractivity contribution in [2.45, 2.75) is 45.3 Å². The standard InChI is InChI=1S/C10H18O4/c1-3-9(13)4-8(6-11)5-10(14)7(2)12/h6-8,10,12,14H,3-5H2,1-2H3. The van der Waals surface area contributed by atoms with Crippen molar-refractivity contribution in [2.75, 3.05) is 0 Å². The number of carbonyl (C=O) groups excluding carboxylic acids is 2. The Hall–Kier alpha value is -0.740. The molecule has 0 amide bonds. The molecule has 0 spiro atoms. The van der Waals surface area contributed by atoms with Crippen LogP contribution in [0.2, 0.25) is 0 Å². The van der Waals surface area contributed by atoms with Crippen molar-refractivity contribution in [3.63, 3.8) is 0 Å². The number of rotatable bonds is 7. The molecule has 0 radical (unpaired) electrons. The highest BCUT2D eigenvalue weighted by molar-refractivity contribution is 5.80. The van der Waals surface area contributed by atoms with Gasteiger partial charge in [0.2, 0.25) is 0 Å². The highest BCUT2D eigenvalue weighted by Gasteiger charge is 2.19. The Bertz CT molecular complexity index is 189. The summed E-state index contributed by atoms with van der Waals surface area (Å²) in [7, 11) is 0. The molecule has 82 valence electrons. The fourth-order valence-corrected chi connectivity index (χ4v) is 1.13. The predicted octanol–water partition coefficient (Wildman–Crippen LogP) is 0.302. The molecule has 0 aliphatic carbocycles. The van der Waals surface area contributed by atoms with Crippen LogP contribution in [0, 0.1) is 5.92 Å². The van der Waals surface area contributed by atoms with Gasteiger partial charge in [0.05, 0.1) is 12.2 Å². The minimum absolute atomic E-state index is 0.0000992. The molecule has 0 bridgehead atoms. The topological polar surface area (TPSA) is 74.6 Å². The smallest absolute Gasteiger partial charge is 0.133 e. The Balaban J connectivity index is 4.02. The highest BCUT2D eigenvalue weighted by Crippen LogP contribution is 2.12. The van der Waals surface area contributed by atoms with Gasteiger partial charge < -0.3 is 15.0 Å². The minimum atomic E-state index is -0.935.